The van der Waals surface area contributed by atoms with E-state index in [1.165, 1.54) is 4.90 Å². The van der Waals surface area contributed by atoms with Crippen LogP contribution in [0, 0.1) is 0 Å². The number of imide groups is 1. The highest BCUT2D eigenvalue weighted by atomic mass is 79.9. The summed E-state index contributed by atoms with van der Waals surface area (Å²) < 4.78 is 0.958. The van der Waals surface area contributed by atoms with Crippen molar-refractivity contribution in [1.29, 1.82) is 0 Å². The number of hydrogen-bond donors (Lipinski definition) is 0. The summed E-state index contributed by atoms with van der Waals surface area (Å²) in [5, 5.41) is 6.16. The van der Waals surface area contributed by atoms with Crippen molar-refractivity contribution in [1.82, 2.24) is 0 Å². The Hall–Kier alpha value is -2.99. The molecule has 0 saturated carbocycles. The fourth-order valence-corrected chi connectivity index (χ4v) is 4.04. The van der Waals surface area contributed by atoms with Gasteiger partial charge in [-0.05, 0) is 40.6 Å². The van der Waals surface area contributed by atoms with Crippen LogP contribution in [0.15, 0.2) is 76.4 Å². The lowest BCUT2D eigenvalue weighted by Crippen LogP contribution is -2.40. The molecular weight excluding hydrogens is 420 g/mol. The van der Waals surface area contributed by atoms with Gasteiger partial charge in [0.1, 0.15) is 0 Å². The van der Waals surface area contributed by atoms with Gasteiger partial charge in [0, 0.05) is 10.9 Å². The van der Waals surface area contributed by atoms with E-state index in [0.29, 0.717) is 11.4 Å². The number of benzene rings is 3. The van der Waals surface area contributed by atoms with E-state index in [2.05, 4.69) is 21.1 Å². The summed E-state index contributed by atoms with van der Waals surface area (Å²) in [6, 6.07) is 21.0. The standard InChI is InChI=1S/C22H15BrN2O3/c23-17-8-5-15(6-9-17)19-12-22(28-24-19)13-20(26)25(21(22)27)18-10-7-14-3-1-2-4-16(14)11-18/h1-11H,12-13H2. The zero-order valence-electron chi connectivity index (χ0n) is 14.8. The number of oxime groups is 1. The number of nitrogens with zero attached hydrogens (tertiary/aromatic N) is 2. The van der Waals surface area contributed by atoms with E-state index in [9.17, 15) is 9.59 Å². The van der Waals surface area contributed by atoms with Crippen molar-refractivity contribution < 1.29 is 14.4 Å². The van der Waals surface area contributed by atoms with Gasteiger partial charge in [-0.3, -0.25) is 9.59 Å². The van der Waals surface area contributed by atoms with Crippen LogP contribution in [0.3, 0.4) is 0 Å². The zero-order chi connectivity index (χ0) is 19.3. The lowest BCUT2D eigenvalue weighted by Gasteiger charge is -2.19. The van der Waals surface area contributed by atoms with Gasteiger partial charge in [0.15, 0.2) is 0 Å². The van der Waals surface area contributed by atoms with Gasteiger partial charge in [-0.1, -0.05) is 63.6 Å². The van der Waals surface area contributed by atoms with E-state index in [-0.39, 0.29) is 24.7 Å². The van der Waals surface area contributed by atoms with Crippen LogP contribution in [0.25, 0.3) is 10.8 Å². The molecule has 2 aliphatic heterocycles. The smallest absolute Gasteiger partial charge is 0.281 e. The number of rotatable bonds is 2. The first-order valence-electron chi connectivity index (χ1n) is 8.93. The second-order valence-corrected chi connectivity index (χ2v) is 7.97. The minimum Gasteiger partial charge on any atom is -0.378 e. The average Bonchev–Trinajstić information content (AvgIpc) is 3.23. The Morgan fingerprint density at radius 1 is 0.929 bits per heavy atom. The molecule has 0 N–H and O–H groups in total. The average molecular weight is 435 g/mol. The first kappa shape index (κ1) is 17.1. The van der Waals surface area contributed by atoms with Crippen molar-refractivity contribution in [3.8, 4) is 0 Å². The lowest BCUT2D eigenvalue weighted by atomic mass is 9.92. The maximum Gasteiger partial charge on any atom is 0.281 e. The molecule has 5 rings (SSSR count). The molecule has 1 spiro atoms. The molecule has 1 unspecified atom stereocenters. The van der Waals surface area contributed by atoms with Crippen LogP contribution >= 0.6 is 15.9 Å². The molecule has 5 nitrogen and oxygen atoms in total. The van der Waals surface area contributed by atoms with Gasteiger partial charge in [-0.15, -0.1) is 0 Å². The third-order valence-electron chi connectivity index (χ3n) is 5.23. The first-order valence-corrected chi connectivity index (χ1v) is 9.72. The molecule has 0 bridgehead atoms. The largest absolute Gasteiger partial charge is 0.378 e. The Labute approximate surface area is 169 Å². The third-order valence-corrected chi connectivity index (χ3v) is 5.76. The van der Waals surface area contributed by atoms with E-state index in [1.807, 2.05) is 60.7 Å². The van der Waals surface area contributed by atoms with Crippen molar-refractivity contribution >= 4 is 49.9 Å². The molecule has 6 heteroatoms. The molecule has 2 amide bonds. The lowest BCUT2D eigenvalue weighted by molar-refractivity contribution is -0.136. The second kappa shape index (κ2) is 6.27. The number of carbonyl (C=O) groups is 2. The fourth-order valence-electron chi connectivity index (χ4n) is 3.78. The zero-order valence-corrected chi connectivity index (χ0v) is 16.3. The van der Waals surface area contributed by atoms with E-state index in [1.54, 1.807) is 6.07 Å². The van der Waals surface area contributed by atoms with E-state index < -0.39 is 5.60 Å². The summed E-state index contributed by atoms with van der Waals surface area (Å²) in [5.41, 5.74) is 0.871. The van der Waals surface area contributed by atoms with Crippen LogP contribution < -0.4 is 4.90 Å². The predicted octanol–water partition coefficient (Wildman–Crippen LogP) is 4.43. The second-order valence-electron chi connectivity index (χ2n) is 7.05. The van der Waals surface area contributed by atoms with E-state index in [0.717, 1.165) is 20.8 Å². The first-order chi connectivity index (χ1) is 13.6. The number of amides is 2. The number of hydrogen-bond acceptors (Lipinski definition) is 4. The Kier molecular flexibility index (Phi) is 3.84. The van der Waals surface area contributed by atoms with Gasteiger partial charge >= 0.3 is 0 Å². The number of anilines is 1. The molecule has 28 heavy (non-hydrogen) atoms. The van der Waals surface area contributed by atoms with Crippen LogP contribution in [-0.4, -0.2) is 23.1 Å². The highest BCUT2D eigenvalue weighted by molar-refractivity contribution is 9.10. The molecule has 1 fully saturated rings. The molecule has 1 saturated heterocycles. The minimum absolute atomic E-state index is 0.0117. The van der Waals surface area contributed by atoms with Gasteiger partial charge in [0.05, 0.1) is 17.8 Å². The quantitative estimate of drug-likeness (QED) is 0.560. The van der Waals surface area contributed by atoms with Gasteiger partial charge in [-0.25, -0.2) is 4.90 Å². The van der Waals surface area contributed by atoms with Crippen LogP contribution in [0.2, 0.25) is 0 Å². The Morgan fingerprint density at radius 2 is 1.68 bits per heavy atom. The normalized spacial score (nSPS) is 21.5. The van der Waals surface area contributed by atoms with Crippen molar-refractivity contribution in [3.63, 3.8) is 0 Å². The summed E-state index contributed by atoms with van der Waals surface area (Å²) in [6.45, 7) is 0. The van der Waals surface area contributed by atoms with Crippen LogP contribution in [0.1, 0.15) is 18.4 Å². The summed E-state index contributed by atoms with van der Waals surface area (Å²) in [6.07, 6.45) is 0.269. The predicted molar refractivity (Wildman–Crippen MR) is 110 cm³/mol. The number of fused-ring (bicyclic) bond motifs is 1. The summed E-state index contributed by atoms with van der Waals surface area (Å²) >= 11 is 3.41. The van der Waals surface area contributed by atoms with Crippen LogP contribution in [0.4, 0.5) is 5.69 Å². The summed E-state index contributed by atoms with van der Waals surface area (Å²) in [7, 11) is 0. The topological polar surface area (TPSA) is 59.0 Å². The molecule has 0 radical (unpaired) electrons. The highest BCUT2D eigenvalue weighted by Crippen LogP contribution is 2.39. The monoisotopic (exact) mass is 434 g/mol. The van der Waals surface area contributed by atoms with Gasteiger partial charge in [-0.2, -0.15) is 0 Å². The molecule has 2 aliphatic rings. The maximum atomic E-state index is 13.2. The van der Waals surface area contributed by atoms with Crippen molar-refractivity contribution in [2.24, 2.45) is 5.16 Å². The molecule has 2 heterocycles. The SMILES string of the molecule is O=C1CC2(CC(c3ccc(Br)cc3)=NO2)C(=O)N1c1ccc2ccccc2c1. The van der Waals surface area contributed by atoms with E-state index in [4.69, 9.17) is 4.84 Å². The fraction of sp³-hybridized carbons (Fsp3) is 0.136. The molecule has 3 aromatic rings. The van der Waals surface area contributed by atoms with Crippen molar-refractivity contribution in [2.45, 2.75) is 18.4 Å². The maximum absolute atomic E-state index is 13.2. The van der Waals surface area contributed by atoms with Crippen molar-refractivity contribution in [2.75, 3.05) is 4.90 Å². The molecule has 1 atom stereocenters. The molecule has 0 aromatic heterocycles. The van der Waals surface area contributed by atoms with Crippen molar-refractivity contribution in [3.05, 3.63) is 76.8 Å². The molecule has 138 valence electrons. The Bertz CT molecular complexity index is 1160. The number of halogens is 1. The Morgan fingerprint density at radius 3 is 2.46 bits per heavy atom. The summed E-state index contributed by atoms with van der Waals surface area (Å²) in [4.78, 5) is 32.8. The van der Waals surface area contributed by atoms with Gasteiger partial charge in [0.2, 0.25) is 11.5 Å². The van der Waals surface area contributed by atoms with Crippen LogP contribution in [-0.2, 0) is 14.4 Å². The number of carbonyl (C=O) groups excluding carboxylic acids is 2. The van der Waals surface area contributed by atoms with E-state index >= 15 is 0 Å². The minimum atomic E-state index is -1.24. The molecule has 0 aliphatic carbocycles. The van der Waals surface area contributed by atoms with Gasteiger partial charge in [0.25, 0.3) is 5.91 Å². The highest BCUT2D eigenvalue weighted by Gasteiger charge is 2.58. The van der Waals surface area contributed by atoms with Crippen LogP contribution in [0.5, 0.6) is 0 Å². The molecule has 3 aromatic carbocycles. The molecular formula is C22H15BrN2O3. The summed E-state index contributed by atoms with van der Waals surface area (Å²) in [5.74, 6) is -0.629. The third kappa shape index (κ3) is 2.64. The van der Waals surface area contributed by atoms with Gasteiger partial charge < -0.3 is 4.84 Å². The Balaban J connectivity index is 1.45.